The highest BCUT2D eigenvalue weighted by atomic mass is 16.3. The van der Waals surface area contributed by atoms with Crippen LogP contribution in [0.1, 0.15) is 11.8 Å². The van der Waals surface area contributed by atoms with Gasteiger partial charge in [-0.05, 0) is 12.1 Å². The molecule has 1 fully saturated rings. The summed E-state index contributed by atoms with van der Waals surface area (Å²) in [7, 11) is 0. The van der Waals surface area contributed by atoms with E-state index < -0.39 is 0 Å². The second-order valence-corrected chi connectivity index (χ2v) is 3.12. The minimum atomic E-state index is 0.147. The third-order valence-corrected chi connectivity index (χ3v) is 2.24. The maximum atomic E-state index is 10.5. The van der Waals surface area contributed by atoms with E-state index in [-0.39, 0.29) is 6.04 Å². The Labute approximate surface area is 76.5 Å². The molecule has 0 aromatic carbocycles. The van der Waals surface area contributed by atoms with Gasteiger partial charge in [-0.1, -0.05) is 0 Å². The van der Waals surface area contributed by atoms with Crippen molar-refractivity contribution >= 4 is 6.41 Å². The Hall–Kier alpha value is -1.29. The summed E-state index contributed by atoms with van der Waals surface area (Å²) in [5, 5.41) is 3.29. The Balaban J connectivity index is 2.04. The average molecular weight is 180 g/mol. The number of nitrogens with one attached hydrogen (secondary N) is 1. The van der Waals surface area contributed by atoms with Crippen molar-refractivity contribution in [2.24, 2.45) is 0 Å². The summed E-state index contributed by atoms with van der Waals surface area (Å²) in [6.45, 7) is 2.29. The van der Waals surface area contributed by atoms with Gasteiger partial charge in [0.05, 0.1) is 12.3 Å². The predicted octanol–water partition coefficient (Wildman–Crippen LogP) is 0.382. The normalized spacial score (nSPS) is 23.1. The summed E-state index contributed by atoms with van der Waals surface area (Å²) < 4.78 is 5.26. The van der Waals surface area contributed by atoms with Crippen LogP contribution in [0.15, 0.2) is 22.8 Å². The monoisotopic (exact) mass is 180 g/mol. The van der Waals surface area contributed by atoms with Crippen LogP contribution in [0.2, 0.25) is 0 Å². The maximum Gasteiger partial charge on any atom is 0.209 e. The van der Waals surface area contributed by atoms with Gasteiger partial charge in [-0.3, -0.25) is 4.79 Å². The number of carbonyl (C=O) groups is 1. The van der Waals surface area contributed by atoms with Gasteiger partial charge in [0, 0.05) is 19.6 Å². The van der Waals surface area contributed by atoms with E-state index in [2.05, 4.69) is 5.32 Å². The molecule has 70 valence electrons. The van der Waals surface area contributed by atoms with Gasteiger partial charge in [0.1, 0.15) is 5.76 Å². The quantitative estimate of drug-likeness (QED) is 0.669. The molecule has 4 nitrogen and oxygen atoms in total. The molecule has 2 rings (SSSR count). The maximum absolute atomic E-state index is 10.5. The van der Waals surface area contributed by atoms with Gasteiger partial charge in [-0.25, -0.2) is 0 Å². The Bertz CT molecular complexity index is 271. The topological polar surface area (TPSA) is 45.5 Å². The van der Waals surface area contributed by atoms with E-state index in [1.807, 2.05) is 12.1 Å². The Morgan fingerprint density at radius 2 is 2.62 bits per heavy atom. The van der Waals surface area contributed by atoms with Crippen LogP contribution in [0.5, 0.6) is 0 Å². The summed E-state index contributed by atoms with van der Waals surface area (Å²) in [5.74, 6) is 0.895. The molecule has 13 heavy (non-hydrogen) atoms. The van der Waals surface area contributed by atoms with Gasteiger partial charge in [0.2, 0.25) is 6.41 Å². The number of hydrogen-bond acceptors (Lipinski definition) is 3. The van der Waals surface area contributed by atoms with E-state index in [0.29, 0.717) is 6.54 Å². The molecule has 4 heteroatoms. The Morgan fingerprint density at radius 1 is 1.69 bits per heavy atom. The third-order valence-electron chi connectivity index (χ3n) is 2.24. The zero-order valence-electron chi connectivity index (χ0n) is 7.27. The molecule has 0 aliphatic carbocycles. The smallest absolute Gasteiger partial charge is 0.209 e. The largest absolute Gasteiger partial charge is 0.468 e. The van der Waals surface area contributed by atoms with E-state index in [9.17, 15) is 4.79 Å². The number of furan rings is 1. The van der Waals surface area contributed by atoms with Crippen LogP contribution in [0, 0.1) is 0 Å². The first-order valence-electron chi connectivity index (χ1n) is 4.36. The lowest BCUT2D eigenvalue weighted by atomic mass is 10.2. The van der Waals surface area contributed by atoms with Crippen LogP contribution >= 0.6 is 0 Å². The van der Waals surface area contributed by atoms with E-state index >= 15 is 0 Å². The predicted molar refractivity (Wildman–Crippen MR) is 47.1 cm³/mol. The first-order chi connectivity index (χ1) is 6.40. The van der Waals surface area contributed by atoms with Crippen LogP contribution in [0.4, 0.5) is 0 Å². The van der Waals surface area contributed by atoms with Crippen molar-refractivity contribution in [1.29, 1.82) is 0 Å². The van der Waals surface area contributed by atoms with Crippen LogP contribution in [-0.4, -0.2) is 30.9 Å². The van der Waals surface area contributed by atoms with Crippen LogP contribution < -0.4 is 5.32 Å². The van der Waals surface area contributed by atoms with Crippen LogP contribution in [0.25, 0.3) is 0 Å². The van der Waals surface area contributed by atoms with Gasteiger partial charge < -0.3 is 14.6 Å². The van der Waals surface area contributed by atoms with Crippen molar-refractivity contribution in [2.45, 2.75) is 6.04 Å². The van der Waals surface area contributed by atoms with E-state index in [0.717, 1.165) is 25.3 Å². The van der Waals surface area contributed by atoms with Gasteiger partial charge in [0.25, 0.3) is 0 Å². The lowest BCUT2D eigenvalue weighted by Crippen LogP contribution is -2.44. The number of piperazine rings is 1. The summed E-state index contributed by atoms with van der Waals surface area (Å²) in [4.78, 5) is 12.3. The molecule has 0 radical (unpaired) electrons. The molecule has 1 aliphatic rings. The van der Waals surface area contributed by atoms with Gasteiger partial charge in [-0.15, -0.1) is 0 Å². The van der Waals surface area contributed by atoms with Gasteiger partial charge in [0.15, 0.2) is 0 Å². The van der Waals surface area contributed by atoms with Crippen LogP contribution in [-0.2, 0) is 4.79 Å². The fourth-order valence-electron chi connectivity index (χ4n) is 1.55. The van der Waals surface area contributed by atoms with Crippen molar-refractivity contribution < 1.29 is 9.21 Å². The molecule has 1 saturated heterocycles. The molecule has 0 spiro atoms. The molecule has 2 heterocycles. The molecule has 1 amide bonds. The molecule has 1 N–H and O–H groups in total. The number of amides is 1. The van der Waals surface area contributed by atoms with Crippen molar-refractivity contribution in [3.05, 3.63) is 24.2 Å². The fourth-order valence-corrected chi connectivity index (χ4v) is 1.55. The zero-order chi connectivity index (χ0) is 9.10. The van der Waals surface area contributed by atoms with Gasteiger partial charge in [-0.2, -0.15) is 0 Å². The molecule has 0 bridgehead atoms. The highest BCUT2D eigenvalue weighted by molar-refractivity contribution is 5.47. The summed E-state index contributed by atoms with van der Waals surface area (Å²) in [6, 6.07) is 3.93. The highest BCUT2D eigenvalue weighted by Gasteiger charge is 2.21. The Morgan fingerprint density at radius 3 is 3.31 bits per heavy atom. The molecule has 1 aromatic heterocycles. The number of hydrogen-bond donors (Lipinski definition) is 1. The number of rotatable bonds is 2. The average Bonchev–Trinajstić information content (AvgIpc) is 2.71. The minimum absolute atomic E-state index is 0.147. The van der Waals surface area contributed by atoms with Gasteiger partial charge >= 0.3 is 0 Å². The van der Waals surface area contributed by atoms with Crippen molar-refractivity contribution in [2.75, 3.05) is 19.6 Å². The lowest BCUT2D eigenvalue weighted by molar-refractivity contribution is -0.119. The number of nitrogens with zero attached hydrogens (tertiary/aromatic N) is 1. The fraction of sp³-hybridized carbons (Fsp3) is 0.444. The van der Waals surface area contributed by atoms with E-state index in [1.165, 1.54) is 0 Å². The molecular weight excluding hydrogens is 168 g/mol. The second kappa shape index (κ2) is 3.62. The molecule has 0 unspecified atom stereocenters. The standard InChI is InChI=1S/C9H12N2O2/c12-7-11-4-3-10-8(6-11)9-2-1-5-13-9/h1-2,5,7-8,10H,3-4,6H2/t8-/m1/s1. The van der Waals surface area contributed by atoms with Crippen molar-refractivity contribution in [1.82, 2.24) is 10.2 Å². The highest BCUT2D eigenvalue weighted by Crippen LogP contribution is 2.16. The van der Waals surface area contributed by atoms with Crippen LogP contribution in [0.3, 0.4) is 0 Å². The second-order valence-electron chi connectivity index (χ2n) is 3.12. The zero-order valence-corrected chi connectivity index (χ0v) is 7.27. The minimum Gasteiger partial charge on any atom is -0.468 e. The molecular formula is C9H12N2O2. The summed E-state index contributed by atoms with van der Waals surface area (Å²) in [6.07, 6.45) is 2.54. The van der Waals surface area contributed by atoms with Crippen molar-refractivity contribution in [3.8, 4) is 0 Å². The molecule has 0 saturated carbocycles. The SMILES string of the molecule is O=CN1CCN[C@@H](c2ccco2)C1. The van der Waals surface area contributed by atoms with E-state index in [1.54, 1.807) is 11.2 Å². The van der Waals surface area contributed by atoms with E-state index in [4.69, 9.17) is 4.42 Å². The summed E-state index contributed by atoms with van der Waals surface area (Å²) in [5.41, 5.74) is 0. The Kier molecular flexibility index (Phi) is 2.31. The first kappa shape index (κ1) is 8.31. The summed E-state index contributed by atoms with van der Waals surface area (Å²) >= 11 is 0. The van der Waals surface area contributed by atoms with Crippen molar-refractivity contribution in [3.63, 3.8) is 0 Å². The third kappa shape index (κ3) is 1.72. The molecule has 1 aliphatic heterocycles. The molecule has 1 aromatic rings. The lowest BCUT2D eigenvalue weighted by Gasteiger charge is -2.29. The number of carbonyl (C=O) groups excluding carboxylic acids is 1. The molecule has 1 atom stereocenters. The first-order valence-corrected chi connectivity index (χ1v) is 4.36.